The minimum absolute atomic E-state index is 0.257. The first-order valence-electron chi connectivity index (χ1n) is 11.5. The molecule has 4 heterocycles. The summed E-state index contributed by atoms with van der Waals surface area (Å²) < 4.78 is 13.9. The minimum Gasteiger partial charge on any atom is -0.382 e. The van der Waals surface area contributed by atoms with Crippen LogP contribution in [0.3, 0.4) is 0 Å². The highest BCUT2D eigenvalue weighted by Gasteiger charge is 2.16. The first kappa shape index (κ1) is 21.0. The van der Waals surface area contributed by atoms with Gasteiger partial charge in [-0.15, -0.1) is 0 Å². The van der Waals surface area contributed by atoms with Crippen LogP contribution in [-0.2, 0) is 0 Å². The Morgan fingerprint density at radius 2 is 1.77 bits per heavy atom. The van der Waals surface area contributed by atoms with Gasteiger partial charge in [-0.25, -0.2) is 9.37 Å². The second-order valence-corrected chi connectivity index (χ2v) is 8.89. The number of rotatable bonds is 5. The molecule has 3 N–H and O–H groups in total. The maximum absolute atomic E-state index is 13.9. The lowest BCUT2D eigenvalue weighted by Crippen LogP contribution is -2.09. The molecule has 0 atom stereocenters. The van der Waals surface area contributed by atoms with Crippen LogP contribution in [0, 0.1) is 5.82 Å². The van der Waals surface area contributed by atoms with Gasteiger partial charge in [0.15, 0.2) is 0 Å². The van der Waals surface area contributed by atoms with E-state index in [2.05, 4.69) is 45.4 Å². The fourth-order valence-electron chi connectivity index (χ4n) is 4.43. The van der Waals surface area contributed by atoms with Gasteiger partial charge >= 0.3 is 0 Å². The Balaban J connectivity index is 1.45. The molecule has 0 amide bonds. The highest BCUT2D eigenvalue weighted by Crippen LogP contribution is 2.34. The number of nitrogens with zero attached hydrogens (tertiary/aromatic N) is 3. The maximum Gasteiger partial charge on any atom is 0.135 e. The quantitative estimate of drug-likeness (QED) is 0.263. The number of fused-ring (bicyclic) bond motifs is 2. The molecule has 0 aliphatic heterocycles. The van der Waals surface area contributed by atoms with Gasteiger partial charge in [0.2, 0.25) is 0 Å². The van der Waals surface area contributed by atoms with Crippen LogP contribution in [0.1, 0.15) is 13.8 Å². The van der Waals surface area contributed by atoms with Crippen molar-refractivity contribution in [1.82, 2.24) is 25.1 Å². The van der Waals surface area contributed by atoms with Crippen molar-refractivity contribution in [1.29, 1.82) is 0 Å². The fraction of sp³-hybridized carbons (Fsp3) is 0.107. The van der Waals surface area contributed by atoms with Gasteiger partial charge in [-0.2, -0.15) is 5.10 Å². The number of benzene rings is 2. The topological polar surface area (TPSA) is 82.3 Å². The van der Waals surface area contributed by atoms with Gasteiger partial charge < -0.3 is 10.3 Å². The highest BCUT2D eigenvalue weighted by molar-refractivity contribution is 6.00. The van der Waals surface area contributed by atoms with Crippen molar-refractivity contribution in [3.05, 3.63) is 84.9 Å². The molecule has 6 aromatic rings. The van der Waals surface area contributed by atoms with E-state index in [0.29, 0.717) is 6.04 Å². The third-order valence-corrected chi connectivity index (χ3v) is 5.95. The Morgan fingerprint density at radius 3 is 2.63 bits per heavy atom. The van der Waals surface area contributed by atoms with Crippen LogP contribution in [0.15, 0.2) is 79.1 Å². The standard InChI is InChI=1S/C28H23FN6/c1-16(2)31-20-12-18(14-30-15-20)23-9-10-25-27(33-23)28(35-34-25)26-13-22-21(7-4-8-24(22)32-26)17-5-3-6-19(29)11-17/h3-16,31-32H,1-2H3,(H,34,35). The number of pyridine rings is 2. The molecule has 35 heavy (non-hydrogen) atoms. The molecule has 4 aromatic heterocycles. The molecule has 0 unspecified atom stereocenters. The fourth-order valence-corrected chi connectivity index (χ4v) is 4.43. The predicted octanol–water partition coefficient (Wildman–Crippen LogP) is 6.79. The molecular weight excluding hydrogens is 439 g/mol. The molecule has 172 valence electrons. The Kier molecular flexibility index (Phi) is 5.03. The van der Waals surface area contributed by atoms with Crippen molar-refractivity contribution in [2.45, 2.75) is 19.9 Å². The van der Waals surface area contributed by atoms with Crippen LogP contribution in [0.25, 0.3) is 55.7 Å². The number of aromatic nitrogens is 5. The predicted molar refractivity (Wildman–Crippen MR) is 139 cm³/mol. The lowest BCUT2D eigenvalue weighted by Gasteiger charge is -2.10. The summed E-state index contributed by atoms with van der Waals surface area (Å²) in [5.74, 6) is -0.257. The molecule has 0 radical (unpaired) electrons. The molecule has 0 aliphatic carbocycles. The van der Waals surface area contributed by atoms with Crippen LogP contribution in [0.4, 0.5) is 10.1 Å². The van der Waals surface area contributed by atoms with E-state index in [1.54, 1.807) is 12.1 Å². The first-order valence-corrected chi connectivity index (χ1v) is 11.5. The third-order valence-electron chi connectivity index (χ3n) is 5.95. The second kappa shape index (κ2) is 8.36. The average Bonchev–Trinajstić information content (AvgIpc) is 3.47. The summed E-state index contributed by atoms with van der Waals surface area (Å²) in [6.45, 7) is 4.18. The van der Waals surface area contributed by atoms with Gasteiger partial charge in [-0.1, -0.05) is 24.3 Å². The lowest BCUT2D eigenvalue weighted by molar-refractivity contribution is 0.628. The summed E-state index contributed by atoms with van der Waals surface area (Å²) in [5, 5.41) is 12.0. The number of H-pyrrole nitrogens is 2. The molecule has 0 spiro atoms. The van der Waals surface area contributed by atoms with Crippen molar-refractivity contribution in [2.75, 3.05) is 5.32 Å². The summed E-state index contributed by atoms with van der Waals surface area (Å²) in [4.78, 5) is 12.8. The van der Waals surface area contributed by atoms with Crippen LogP contribution in [-0.4, -0.2) is 31.2 Å². The summed E-state index contributed by atoms with van der Waals surface area (Å²) in [6.07, 6.45) is 3.62. The molecule has 6 nitrogen and oxygen atoms in total. The van der Waals surface area contributed by atoms with Gasteiger partial charge in [0.25, 0.3) is 0 Å². The second-order valence-electron chi connectivity index (χ2n) is 8.89. The molecule has 0 fully saturated rings. The maximum atomic E-state index is 13.9. The van der Waals surface area contributed by atoms with E-state index in [4.69, 9.17) is 4.98 Å². The van der Waals surface area contributed by atoms with E-state index >= 15 is 0 Å². The van der Waals surface area contributed by atoms with E-state index in [0.717, 1.165) is 61.4 Å². The molecule has 2 aromatic carbocycles. The number of nitrogens with one attached hydrogen (secondary N) is 3. The van der Waals surface area contributed by atoms with Crippen molar-refractivity contribution in [2.24, 2.45) is 0 Å². The first-order chi connectivity index (χ1) is 17.0. The zero-order valence-corrected chi connectivity index (χ0v) is 19.3. The third kappa shape index (κ3) is 3.91. The van der Waals surface area contributed by atoms with Gasteiger partial charge in [0.1, 0.15) is 17.0 Å². The van der Waals surface area contributed by atoms with E-state index in [9.17, 15) is 4.39 Å². The number of hydrogen-bond acceptors (Lipinski definition) is 4. The van der Waals surface area contributed by atoms with Crippen LogP contribution < -0.4 is 5.32 Å². The van der Waals surface area contributed by atoms with E-state index in [-0.39, 0.29) is 5.82 Å². The summed E-state index contributed by atoms with van der Waals surface area (Å²) in [7, 11) is 0. The molecule has 0 bridgehead atoms. The molecule has 0 saturated heterocycles. The van der Waals surface area contributed by atoms with Crippen molar-refractivity contribution in [3.8, 4) is 33.8 Å². The molecule has 0 saturated carbocycles. The van der Waals surface area contributed by atoms with Crippen molar-refractivity contribution < 1.29 is 4.39 Å². The number of aromatic amines is 2. The Labute approximate surface area is 201 Å². The largest absolute Gasteiger partial charge is 0.382 e. The molecule has 0 aliphatic rings. The van der Waals surface area contributed by atoms with E-state index in [1.807, 2.05) is 54.9 Å². The average molecular weight is 463 g/mol. The Hall–Kier alpha value is -4.52. The van der Waals surface area contributed by atoms with Gasteiger partial charge in [-0.3, -0.25) is 10.1 Å². The lowest BCUT2D eigenvalue weighted by atomic mass is 10.0. The van der Waals surface area contributed by atoms with Crippen LogP contribution in [0.2, 0.25) is 0 Å². The molecule has 6 rings (SSSR count). The zero-order chi connectivity index (χ0) is 23.9. The molecule has 7 heteroatoms. The molecular formula is C28H23FN6. The SMILES string of the molecule is CC(C)Nc1cncc(-c2ccc3[nH]nc(-c4cc5c(-c6cccc(F)c6)cccc5[nH]4)c3n2)c1. The highest BCUT2D eigenvalue weighted by atomic mass is 19.1. The normalized spacial score (nSPS) is 11.5. The van der Waals surface area contributed by atoms with E-state index in [1.165, 1.54) is 6.07 Å². The van der Waals surface area contributed by atoms with Crippen LogP contribution >= 0.6 is 0 Å². The zero-order valence-electron chi connectivity index (χ0n) is 19.3. The number of anilines is 1. The van der Waals surface area contributed by atoms with Crippen LogP contribution in [0.5, 0.6) is 0 Å². The summed E-state index contributed by atoms with van der Waals surface area (Å²) in [5.41, 5.74) is 8.61. The smallest absolute Gasteiger partial charge is 0.135 e. The summed E-state index contributed by atoms with van der Waals surface area (Å²) in [6, 6.07) is 21.0. The minimum atomic E-state index is -0.257. The van der Waals surface area contributed by atoms with Crippen molar-refractivity contribution >= 4 is 27.6 Å². The number of halogens is 1. The van der Waals surface area contributed by atoms with E-state index < -0.39 is 0 Å². The van der Waals surface area contributed by atoms with Crippen molar-refractivity contribution in [3.63, 3.8) is 0 Å². The van der Waals surface area contributed by atoms with Gasteiger partial charge in [0.05, 0.1) is 22.6 Å². The Morgan fingerprint density at radius 1 is 0.886 bits per heavy atom. The van der Waals surface area contributed by atoms with Gasteiger partial charge in [-0.05, 0) is 67.4 Å². The Bertz CT molecular complexity index is 1680. The van der Waals surface area contributed by atoms with Gasteiger partial charge in [0, 0.05) is 34.9 Å². The monoisotopic (exact) mass is 462 g/mol. The number of hydrogen-bond donors (Lipinski definition) is 3. The summed E-state index contributed by atoms with van der Waals surface area (Å²) >= 11 is 0.